The lowest BCUT2D eigenvalue weighted by molar-refractivity contribution is -0.267. The van der Waals surface area contributed by atoms with Crippen molar-refractivity contribution in [3.63, 3.8) is 0 Å². The van der Waals surface area contributed by atoms with Gasteiger partial charge in [-0.3, -0.25) is 19.2 Å². The average molecular weight is 477 g/mol. The van der Waals surface area contributed by atoms with Gasteiger partial charge in [-0.2, -0.15) is 0 Å². The van der Waals surface area contributed by atoms with Crippen molar-refractivity contribution in [3.05, 3.63) is 36.0 Å². The third-order valence-electron chi connectivity index (χ3n) is 5.23. The van der Waals surface area contributed by atoms with Crippen LogP contribution in [0.15, 0.2) is 30.5 Å². The van der Waals surface area contributed by atoms with E-state index in [1.54, 1.807) is 29.0 Å². The first kappa shape index (κ1) is 25.2. The molecule has 1 N–H and O–H groups in total. The minimum atomic E-state index is -1.27. The van der Waals surface area contributed by atoms with Gasteiger partial charge in [0.1, 0.15) is 12.7 Å². The molecule has 1 saturated heterocycles. The lowest BCUT2D eigenvalue weighted by Crippen LogP contribution is -2.60. The number of rotatable bonds is 7. The van der Waals surface area contributed by atoms with E-state index in [2.05, 4.69) is 0 Å². The fourth-order valence-electron chi connectivity index (χ4n) is 4.04. The van der Waals surface area contributed by atoms with Crippen molar-refractivity contribution < 1.29 is 48.0 Å². The Balaban J connectivity index is 2.16. The quantitative estimate of drug-likeness (QED) is 0.459. The molecule has 2 heterocycles. The first-order valence-electron chi connectivity index (χ1n) is 10.6. The zero-order valence-corrected chi connectivity index (χ0v) is 19.3. The molecule has 0 aliphatic carbocycles. The molecule has 34 heavy (non-hydrogen) atoms. The summed E-state index contributed by atoms with van der Waals surface area (Å²) in [5, 5.41) is 10.6. The van der Waals surface area contributed by atoms with E-state index < -0.39 is 54.5 Å². The highest BCUT2D eigenvalue weighted by Crippen LogP contribution is 2.37. The molecule has 1 aromatic heterocycles. The molecule has 11 heteroatoms. The molecule has 1 fully saturated rings. The van der Waals surface area contributed by atoms with Crippen LogP contribution in [0.4, 0.5) is 0 Å². The van der Waals surface area contributed by atoms with Gasteiger partial charge in [0, 0.05) is 44.8 Å². The molecule has 0 amide bonds. The van der Waals surface area contributed by atoms with Crippen LogP contribution in [-0.2, 0) is 49.5 Å². The zero-order valence-electron chi connectivity index (χ0n) is 19.3. The Morgan fingerprint density at radius 1 is 0.882 bits per heavy atom. The highest BCUT2D eigenvalue weighted by atomic mass is 16.7. The van der Waals surface area contributed by atoms with Crippen LogP contribution in [0, 0.1) is 0 Å². The Kier molecular flexibility index (Phi) is 7.90. The third-order valence-corrected chi connectivity index (χ3v) is 5.23. The Bertz CT molecular complexity index is 1080. The maximum Gasteiger partial charge on any atom is 0.303 e. The number of hydrogen-bond acceptors (Lipinski definition) is 10. The molecule has 1 aliphatic rings. The van der Waals surface area contributed by atoms with E-state index in [0.717, 1.165) is 19.2 Å². The van der Waals surface area contributed by atoms with Gasteiger partial charge in [-0.1, -0.05) is 18.2 Å². The number of ether oxygens (including phenoxy) is 5. The number of aliphatic hydroxyl groups is 1. The number of hydrogen-bond donors (Lipinski definition) is 1. The predicted molar refractivity (Wildman–Crippen MR) is 115 cm³/mol. The van der Waals surface area contributed by atoms with E-state index in [0.29, 0.717) is 11.1 Å². The maximum absolute atomic E-state index is 12.0. The Morgan fingerprint density at radius 3 is 2.06 bits per heavy atom. The SMILES string of the molecule is CC(=O)OC[C@H]1O[C@@H](n2cc(CO)c3ccccc32)[C@@H](OC(C)=O)[C@@H](OC(C)=O)[C@H]1OC(C)=O. The van der Waals surface area contributed by atoms with Crippen molar-refractivity contribution in [1.82, 2.24) is 4.57 Å². The molecule has 11 nitrogen and oxygen atoms in total. The average Bonchev–Trinajstić information content (AvgIpc) is 3.13. The predicted octanol–water partition coefficient (Wildman–Crippen LogP) is 1.39. The lowest BCUT2D eigenvalue weighted by atomic mass is 9.97. The summed E-state index contributed by atoms with van der Waals surface area (Å²) >= 11 is 0. The number of carbonyl (C=O) groups excluding carboxylic acids is 4. The van der Waals surface area contributed by atoms with Crippen molar-refractivity contribution >= 4 is 34.8 Å². The van der Waals surface area contributed by atoms with Gasteiger partial charge >= 0.3 is 23.9 Å². The summed E-state index contributed by atoms with van der Waals surface area (Å²) in [4.78, 5) is 47.3. The van der Waals surface area contributed by atoms with E-state index in [-0.39, 0.29) is 13.2 Å². The van der Waals surface area contributed by atoms with Gasteiger partial charge in [0.2, 0.25) is 0 Å². The number of benzene rings is 1. The summed E-state index contributed by atoms with van der Waals surface area (Å²) in [6.45, 7) is 4.13. The van der Waals surface area contributed by atoms with Gasteiger partial charge in [0.25, 0.3) is 0 Å². The Labute approximate surface area is 195 Å². The monoisotopic (exact) mass is 477 g/mol. The number of aromatic nitrogens is 1. The minimum Gasteiger partial charge on any atom is -0.463 e. The van der Waals surface area contributed by atoms with Crippen LogP contribution < -0.4 is 0 Å². The first-order chi connectivity index (χ1) is 16.1. The standard InChI is InChI=1S/C23H27NO10/c1-12(26)30-11-19-20(31-13(2)27)21(32-14(3)28)22(33-15(4)29)23(34-19)24-9-16(10-25)17-7-5-6-8-18(17)24/h5-9,19-23,25H,10-11H2,1-4H3/t19-,20+,21+,22+,23-/m1/s1. The van der Waals surface area contributed by atoms with Gasteiger partial charge in [-0.15, -0.1) is 0 Å². The van der Waals surface area contributed by atoms with Crippen LogP contribution >= 0.6 is 0 Å². The summed E-state index contributed by atoms with van der Waals surface area (Å²) in [5.74, 6) is -2.69. The second-order valence-electron chi connectivity index (χ2n) is 7.83. The largest absolute Gasteiger partial charge is 0.463 e. The number of carbonyl (C=O) groups is 4. The van der Waals surface area contributed by atoms with E-state index in [1.807, 2.05) is 6.07 Å². The summed E-state index contributed by atoms with van der Waals surface area (Å²) in [6, 6.07) is 7.18. The molecule has 1 aromatic carbocycles. The molecule has 0 bridgehead atoms. The molecule has 5 atom stereocenters. The maximum atomic E-state index is 12.0. The first-order valence-corrected chi connectivity index (χ1v) is 10.6. The van der Waals surface area contributed by atoms with Gasteiger partial charge < -0.3 is 33.4 Å². The van der Waals surface area contributed by atoms with Gasteiger partial charge in [-0.25, -0.2) is 0 Å². The second-order valence-corrected chi connectivity index (χ2v) is 7.83. The molecule has 0 saturated carbocycles. The van der Waals surface area contributed by atoms with Crippen LogP contribution in [0.2, 0.25) is 0 Å². The van der Waals surface area contributed by atoms with Gasteiger partial charge in [0.15, 0.2) is 24.5 Å². The molecule has 0 unspecified atom stereocenters. The van der Waals surface area contributed by atoms with Crippen LogP contribution in [-0.4, -0.2) is 64.6 Å². The number of nitrogens with zero attached hydrogens (tertiary/aromatic N) is 1. The fourth-order valence-corrected chi connectivity index (χ4v) is 4.04. The molecule has 0 spiro atoms. The molecular formula is C23H27NO10. The highest BCUT2D eigenvalue weighted by molar-refractivity contribution is 5.84. The fraction of sp³-hybridized carbons (Fsp3) is 0.478. The second kappa shape index (κ2) is 10.7. The molecule has 2 aromatic rings. The summed E-state index contributed by atoms with van der Waals surface area (Å²) in [6.07, 6.45) is -4.25. The van der Waals surface area contributed by atoms with E-state index in [4.69, 9.17) is 23.7 Å². The van der Waals surface area contributed by atoms with Crippen molar-refractivity contribution in [3.8, 4) is 0 Å². The molecule has 1 aliphatic heterocycles. The molecular weight excluding hydrogens is 450 g/mol. The highest BCUT2D eigenvalue weighted by Gasteiger charge is 2.53. The number of fused-ring (bicyclic) bond motifs is 1. The van der Waals surface area contributed by atoms with Crippen LogP contribution in [0.3, 0.4) is 0 Å². The van der Waals surface area contributed by atoms with Crippen LogP contribution in [0.1, 0.15) is 39.5 Å². The van der Waals surface area contributed by atoms with E-state index in [1.165, 1.54) is 13.8 Å². The smallest absolute Gasteiger partial charge is 0.303 e. The van der Waals surface area contributed by atoms with Crippen molar-refractivity contribution in [2.75, 3.05) is 6.61 Å². The minimum absolute atomic E-state index is 0.265. The molecule has 3 rings (SSSR count). The zero-order chi connectivity index (χ0) is 25.0. The van der Waals surface area contributed by atoms with Gasteiger partial charge in [0.05, 0.1) is 12.1 Å². The number of para-hydroxylation sites is 1. The molecule has 184 valence electrons. The normalized spacial score (nSPS) is 24.3. The third kappa shape index (κ3) is 5.54. The number of esters is 4. The van der Waals surface area contributed by atoms with E-state index in [9.17, 15) is 24.3 Å². The summed E-state index contributed by atoms with van der Waals surface area (Å²) in [7, 11) is 0. The Hall–Kier alpha value is -3.44. The molecule has 0 radical (unpaired) electrons. The summed E-state index contributed by atoms with van der Waals surface area (Å²) in [5.41, 5.74) is 1.23. The van der Waals surface area contributed by atoms with E-state index >= 15 is 0 Å². The topological polar surface area (TPSA) is 140 Å². The van der Waals surface area contributed by atoms with Crippen LogP contribution in [0.5, 0.6) is 0 Å². The van der Waals surface area contributed by atoms with Gasteiger partial charge in [-0.05, 0) is 6.07 Å². The Morgan fingerprint density at radius 2 is 1.47 bits per heavy atom. The number of aliphatic hydroxyl groups excluding tert-OH is 1. The van der Waals surface area contributed by atoms with Crippen molar-refractivity contribution in [2.45, 2.75) is 64.9 Å². The van der Waals surface area contributed by atoms with Crippen LogP contribution in [0.25, 0.3) is 10.9 Å². The summed E-state index contributed by atoms with van der Waals surface area (Å²) < 4.78 is 29.3. The van der Waals surface area contributed by atoms with Crippen molar-refractivity contribution in [1.29, 1.82) is 0 Å². The van der Waals surface area contributed by atoms with Crippen molar-refractivity contribution in [2.24, 2.45) is 0 Å². The lowest BCUT2D eigenvalue weighted by Gasteiger charge is -2.44.